The molecule has 0 saturated heterocycles. The lowest BCUT2D eigenvalue weighted by Gasteiger charge is -2.04. The molecule has 0 bridgehead atoms. The van der Waals surface area contributed by atoms with Gasteiger partial charge in [-0.05, 0) is 24.3 Å². The van der Waals surface area contributed by atoms with Crippen LogP contribution in [0.2, 0.25) is 5.15 Å². The molecule has 21 heavy (non-hydrogen) atoms. The Labute approximate surface area is 122 Å². The Morgan fingerprint density at radius 1 is 1.14 bits per heavy atom. The number of fused-ring (bicyclic) bond motifs is 1. The SMILES string of the molecule is FC(F)(N=Nc1cccnc1Cl)c1nc2ccccc2o1. The van der Waals surface area contributed by atoms with Crippen LogP contribution < -0.4 is 0 Å². The van der Waals surface area contributed by atoms with E-state index in [9.17, 15) is 8.78 Å². The van der Waals surface area contributed by atoms with E-state index in [2.05, 4.69) is 20.2 Å². The van der Waals surface area contributed by atoms with Gasteiger partial charge in [0, 0.05) is 6.20 Å². The van der Waals surface area contributed by atoms with Gasteiger partial charge in [-0.25, -0.2) is 9.97 Å². The second kappa shape index (κ2) is 5.17. The van der Waals surface area contributed by atoms with E-state index in [0.717, 1.165) is 0 Å². The highest BCUT2D eigenvalue weighted by Crippen LogP contribution is 2.33. The van der Waals surface area contributed by atoms with Gasteiger partial charge in [0.25, 0.3) is 5.89 Å². The van der Waals surface area contributed by atoms with Crippen LogP contribution in [0.5, 0.6) is 0 Å². The lowest BCUT2D eigenvalue weighted by Crippen LogP contribution is -2.09. The first-order chi connectivity index (χ1) is 10.1. The summed E-state index contributed by atoms with van der Waals surface area (Å²) in [5.74, 6) is -0.826. The van der Waals surface area contributed by atoms with Gasteiger partial charge in [-0.3, -0.25) is 0 Å². The molecule has 5 nitrogen and oxygen atoms in total. The highest BCUT2D eigenvalue weighted by molar-refractivity contribution is 6.31. The van der Waals surface area contributed by atoms with Crippen LogP contribution in [-0.2, 0) is 6.05 Å². The van der Waals surface area contributed by atoms with Crippen LogP contribution in [0.25, 0.3) is 11.1 Å². The number of hydrogen-bond acceptors (Lipinski definition) is 5. The first-order valence-electron chi connectivity index (χ1n) is 5.83. The van der Waals surface area contributed by atoms with E-state index in [4.69, 9.17) is 16.0 Å². The van der Waals surface area contributed by atoms with Gasteiger partial charge in [0.1, 0.15) is 11.2 Å². The molecule has 1 aromatic carbocycles. The summed E-state index contributed by atoms with van der Waals surface area (Å²) >= 11 is 5.71. The molecule has 0 aliphatic carbocycles. The van der Waals surface area contributed by atoms with E-state index in [1.54, 1.807) is 18.2 Å². The average Bonchev–Trinajstić information content (AvgIpc) is 2.91. The molecule has 0 amide bonds. The van der Waals surface area contributed by atoms with Crippen LogP contribution in [0.15, 0.2) is 57.2 Å². The zero-order valence-corrected chi connectivity index (χ0v) is 11.1. The Hall–Kier alpha value is -2.41. The molecule has 0 fully saturated rings. The highest BCUT2D eigenvalue weighted by atomic mass is 35.5. The van der Waals surface area contributed by atoms with Gasteiger partial charge in [0.15, 0.2) is 10.7 Å². The number of rotatable bonds is 3. The van der Waals surface area contributed by atoms with Crippen molar-refractivity contribution in [2.75, 3.05) is 0 Å². The second-order valence-corrected chi connectivity index (χ2v) is 4.40. The summed E-state index contributed by atoms with van der Waals surface area (Å²) in [6, 6.07) is 5.66. The topological polar surface area (TPSA) is 63.6 Å². The molecular formula is C13H7ClF2N4O. The molecule has 0 N–H and O–H groups in total. The summed E-state index contributed by atoms with van der Waals surface area (Å²) in [4.78, 5) is 7.42. The lowest BCUT2D eigenvalue weighted by molar-refractivity contribution is -0.0271. The van der Waals surface area contributed by atoms with Crippen molar-refractivity contribution >= 4 is 28.4 Å². The number of hydrogen-bond donors (Lipinski definition) is 0. The molecule has 106 valence electrons. The molecule has 0 saturated carbocycles. The standard InChI is InChI=1S/C13H7ClF2N4O/c14-11-9(5-3-7-17-11)19-20-13(15,16)12-18-8-4-1-2-6-10(8)21-12/h1-7H. The highest BCUT2D eigenvalue weighted by Gasteiger charge is 2.38. The molecule has 0 unspecified atom stereocenters. The first-order valence-corrected chi connectivity index (χ1v) is 6.21. The molecule has 0 radical (unpaired) electrons. The van der Waals surface area contributed by atoms with Crippen LogP contribution >= 0.6 is 11.6 Å². The molecule has 0 atom stereocenters. The molecule has 2 aromatic heterocycles. The van der Waals surface area contributed by atoms with Crippen LogP contribution in [0.4, 0.5) is 14.5 Å². The zero-order valence-electron chi connectivity index (χ0n) is 10.4. The summed E-state index contributed by atoms with van der Waals surface area (Å²) in [5, 5.41) is 6.35. The number of azo groups is 1. The Kier molecular flexibility index (Phi) is 3.34. The summed E-state index contributed by atoms with van der Waals surface area (Å²) in [6.45, 7) is 0. The number of oxazole rings is 1. The fourth-order valence-electron chi connectivity index (χ4n) is 1.61. The largest absolute Gasteiger partial charge is 0.436 e. The van der Waals surface area contributed by atoms with E-state index >= 15 is 0 Å². The van der Waals surface area contributed by atoms with Gasteiger partial charge >= 0.3 is 6.05 Å². The number of halogens is 3. The van der Waals surface area contributed by atoms with Crippen molar-refractivity contribution in [1.29, 1.82) is 0 Å². The number of nitrogens with zero attached hydrogens (tertiary/aromatic N) is 4. The number of alkyl halides is 2. The minimum atomic E-state index is -3.70. The van der Waals surface area contributed by atoms with Gasteiger partial charge in [-0.15, -0.1) is 10.2 Å². The number of pyridine rings is 1. The van der Waals surface area contributed by atoms with Crippen LogP contribution in [-0.4, -0.2) is 9.97 Å². The van der Waals surface area contributed by atoms with Gasteiger partial charge in [-0.2, -0.15) is 8.78 Å². The molecule has 0 spiro atoms. The summed E-state index contributed by atoms with van der Waals surface area (Å²) in [5.41, 5.74) is 0.610. The molecule has 2 heterocycles. The van der Waals surface area contributed by atoms with E-state index in [-0.39, 0.29) is 16.4 Å². The van der Waals surface area contributed by atoms with Crippen molar-refractivity contribution < 1.29 is 13.2 Å². The predicted molar refractivity (Wildman–Crippen MR) is 71.7 cm³/mol. The third-order valence-corrected chi connectivity index (χ3v) is 2.87. The minimum Gasteiger partial charge on any atom is -0.433 e. The molecule has 0 aliphatic heterocycles. The summed E-state index contributed by atoms with van der Waals surface area (Å²) < 4.78 is 32.9. The number of benzene rings is 1. The third kappa shape index (κ3) is 2.73. The maximum Gasteiger partial charge on any atom is 0.436 e. The van der Waals surface area contributed by atoms with Crippen molar-refractivity contribution in [2.45, 2.75) is 6.05 Å². The van der Waals surface area contributed by atoms with Gasteiger partial charge in [-0.1, -0.05) is 23.7 Å². The van der Waals surface area contributed by atoms with Gasteiger partial charge in [0.2, 0.25) is 0 Å². The Morgan fingerprint density at radius 3 is 2.71 bits per heavy atom. The van der Waals surface area contributed by atoms with Gasteiger partial charge in [0.05, 0.1) is 0 Å². The zero-order chi connectivity index (χ0) is 14.9. The van der Waals surface area contributed by atoms with Gasteiger partial charge < -0.3 is 4.42 Å². The minimum absolute atomic E-state index is 0.0189. The quantitative estimate of drug-likeness (QED) is 0.400. The monoisotopic (exact) mass is 308 g/mol. The fourth-order valence-corrected chi connectivity index (χ4v) is 1.77. The number of para-hydroxylation sites is 2. The maximum absolute atomic E-state index is 13.9. The van der Waals surface area contributed by atoms with Crippen molar-refractivity contribution in [2.24, 2.45) is 10.2 Å². The molecule has 0 aliphatic rings. The van der Waals surface area contributed by atoms with E-state index in [1.165, 1.54) is 24.4 Å². The predicted octanol–water partition coefficient (Wildman–Crippen LogP) is 4.71. The average molecular weight is 309 g/mol. The molecular weight excluding hydrogens is 302 g/mol. The lowest BCUT2D eigenvalue weighted by atomic mass is 10.3. The van der Waals surface area contributed by atoms with Crippen molar-refractivity contribution in [1.82, 2.24) is 9.97 Å². The third-order valence-electron chi connectivity index (χ3n) is 2.57. The van der Waals surface area contributed by atoms with Crippen LogP contribution in [0, 0.1) is 0 Å². The van der Waals surface area contributed by atoms with Crippen molar-refractivity contribution in [3.63, 3.8) is 0 Å². The molecule has 3 rings (SSSR count). The van der Waals surface area contributed by atoms with Crippen LogP contribution in [0.1, 0.15) is 5.89 Å². The van der Waals surface area contributed by atoms with E-state index in [0.29, 0.717) is 5.52 Å². The Morgan fingerprint density at radius 2 is 1.95 bits per heavy atom. The molecule has 8 heteroatoms. The van der Waals surface area contributed by atoms with E-state index in [1.807, 2.05) is 0 Å². The van der Waals surface area contributed by atoms with Crippen molar-refractivity contribution in [3.05, 3.63) is 53.6 Å². The fraction of sp³-hybridized carbons (Fsp3) is 0.0769. The summed E-state index contributed by atoms with van der Waals surface area (Å²) in [7, 11) is 0. The maximum atomic E-state index is 13.9. The normalized spacial score (nSPS) is 12.3. The van der Waals surface area contributed by atoms with E-state index < -0.39 is 11.9 Å². The van der Waals surface area contributed by atoms with Crippen molar-refractivity contribution in [3.8, 4) is 0 Å². The Bertz CT molecular complexity index is 786. The molecule has 3 aromatic rings. The number of aromatic nitrogens is 2. The second-order valence-electron chi connectivity index (χ2n) is 4.04. The summed E-state index contributed by atoms with van der Waals surface area (Å²) in [6.07, 6.45) is 1.42. The van der Waals surface area contributed by atoms with Crippen LogP contribution in [0.3, 0.4) is 0 Å². The smallest absolute Gasteiger partial charge is 0.433 e. The first kappa shape index (κ1) is 13.6. The Balaban J connectivity index is 1.94.